The molecule has 0 spiro atoms. The molecule has 17 heavy (non-hydrogen) atoms. The quantitative estimate of drug-likeness (QED) is 0.941. The number of aryl methyl sites for hydroxylation is 2. The molecule has 0 fully saturated rings. The number of pyridine rings is 2. The molecule has 0 radical (unpaired) electrons. The molecule has 2 rings (SSSR count). The second-order valence-electron chi connectivity index (χ2n) is 4.00. The molecule has 0 saturated heterocycles. The maximum atomic E-state index is 4.33. The molecule has 3 nitrogen and oxygen atoms in total. The molecule has 0 amide bonds. The highest BCUT2D eigenvalue weighted by molar-refractivity contribution is 9.10. The van der Waals surface area contributed by atoms with E-state index in [1.54, 1.807) is 0 Å². The SMILES string of the molecule is Cc1cnc(NCc2ccc(C)nc2)c(Br)c1. The molecule has 2 aromatic rings. The summed E-state index contributed by atoms with van der Waals surface area (Å²) in [5.74, 6) is 0.858. The fraction of sp³-hybridized carbons (Fsp3) is 0.231. The summed E-state index contributed by atoms with van der Waals surface area (Å²) in [5, 5.41) is 3.28. The predicted molar refractivity (Wildman–Crippen MR) is 73.0 cm³/mol. The van der Waals surface area contributed by atoms with Gasteiger partial charge in [-0.05, 0) is 53.0 Å². The van der Waals surface area contributed by atoms with Crippen LogP contribution < -0.4 is 5.32 Å². The van der Waals surface area contributed by atoms with Gasteiger partial charge in [0.25, 0.3) is 0 Å². The van der Waals surface area contributed by atoms with Crippen LogP contribution in [0.1, 0.15) is 16.8 Å². The van der Waals surface area contributed by atoms with Gasteiger partial charge in [0, 0.05) is 24.6 Å². The number of hydrogen-bond donors (Lipinski definition) is 1. The molecule has 0 atom stereocenters. The summed E-state index contributed by atoms with van der Waals surface area (Å²) >= 11 is 3.49. The van der Waals surface area contributed by atoms with E-state index in [4.69, 9.17) is 0 Å². The van der Waals surface area contributed by atoms with E-state index in [0.717, 1.165) is 33.7 Å². The van der Waals surface area contributed by atoms with E-state index in [1.165, 1.54) is 0 Å². The Morgan fingerprint density at radius 1 is 1.18 bits per heavy atom. The molecule has 2 heterocycles. The lowest BCUT2D eigenvalue weighted by atomic mass is 10.2. The molecular formula is C13H14BrN3. The zero-order chi connectivity index (χ0) is 12.3. The second kappa shape index (κ2) is 5.27. The van der Waals surface area contributed by atoms with Crippen molar-refractivity contribution >= 4 is 21.7 Å². The summed E-state index contributed by atoms with van der Waals surface area (Å²) in [4.78, 5) is 8.59. The topological polar surface area (TPSA) is 37.8 Å². The summed E-state index contributed by atoms with van der Waals surface area (Å²) in [7, 11) is 0. The van der Waals surface area contributed by atoms with Gasteiger partial charge in [0.15, 0.2) is 0 Å². The third kappa shape index (κ3) is 3.27. The lowest BCUT2D eigenvalue weighted by Crippen LogP contribution is -2.02. The summed E-state index contributed by atoms with van der Waals surface area (Å²) in [6.45, 7) is 4.72. The molecule has 2 aromatic heterocycles. The van der Waals surface area contributed by atoms with E-state index in [-0.39, 0.29) is 0 Å². The molecule has 0 bridgehead atoms. The monoisotopic (exact) mass is 291 g/mol. The van der Waals surface area contributed by atoms with Crippen molar-refractivity contribution in [2.45, 2.75) is 20.4 Å². The third-order valence-electron chi connectivity index (χ3n) is 2.41. The van der Waals surface area contributed by atoms with E-state index < -0.39 is 0 Å². The molecular weight excluding hydrogens is 278 g/mol. The first-order valence-corrected chi connectivity index (χ1v) is 6.22. The average Bonchev–Trinajstić information content (AvgIpc) is 2.30. The smallest absolute Gasteiger partial charge is 0.140 e. The van der Waals surface area contributed by atoms with E-state index in [0.29, 0.717) is 0 Å². The Morgan fingerprint density at radius 3 is 2.65 bits per heavy atom. The third-order valence-corrected chi connectivity index (χ3v) is 3.01. The average molecular weight is 292 g/mol. The summed E-state index contributed by atoms with van der Waals surface area (Å²) in [6.07, 6.45) is 3.73. The summed E-state index contributed by atoms with van der Waals surface area (Å²) in [6, 6.07) is 6.12. The number of halogens is 1. The highest BCUT2D eigenvalue weighted by Crippen LogP contribution is 2.20. The molecule has 0 aliphatic rings. The molecule has 0 saturated carbocycles. The van der Waals surface area contributed by atoms with Gasteiger partial charge in [-0.1, -0.05) is 6.07 Å². The standard InChI is InChI=1S/C13H14BrN3/c1-9-5-12(14)13(16-6-9)17-8-11-4-3-10(2)15-7-11/h3-7H,8H2,1-2H3,(H,16,17). The van der Waals surface area contributed by atoms with Crippen molar-refractivity contribution in [3.05, 3.63) is 51.9 Å². The van der Waals surface area contributed by atoms with Crippen molar-refractivity contribution in [1.82, 2.24) is 9.97 Å². The van der Waals surface area contributed by atoms with Crippen molar-refractivity contribution in [3.63, 3.8) is 0 Å². The van der Waals surface area contributed by atoms with Crippen molar-refractivity contribution in [1.29, 1.82) is 0 Å². The highest BCUT2D eigenvalue weighted by atomic mass is 79.9. The largest absolute Gasteiger partial charge is 0.365 e. The van der Waals surface area contributed by atoms with Crippen LogP contribution in [0.4, 0.5) is 5.82 Å². The second-order valence-corrected chi connectivity index (χ2v) is 4.86. The Morgan fingerprint density at radius 2 is 2.00 bits per heavy atom. The Bertz CT molecular complexity index is 509. The van der Waals surface area contributed by atoms with Crippen LogP contribution in [0, 0.1) is 13.8 Å². The Labute approximate surface area is 109 Å². The van der Waals surface area contributed by atoms with Crippen molar-refractivity contribution in [3.8, 4) is 0 Å². The van der Waals surface area contributed by atoms with E-state index >= 15 is 0 Å². The number of nitrogens with one attached hydrogen (secondary N) is 1. The number of aromatic nitrogens is 2. The van der Waals surface area contributed by atoms with Gasteiger partial charge >= 0.3 is 0 Å². The zero-order valence-corrected chi connectivity index (χ0v) is 11.5. The van der Waals surface area contributed by atoms with Crippen LogP contribution in [0.3, 0.4) is 0 Å². The van der Waals surface area contributed by atoms with E-state index in [1.807, 2.05) is 38.4 Å². The Hall–Kier alpha value is -1.42. The minimum Gasteiger partial charge on any atom is -0.365 e. The first kappa shape index (κ1) is 12.0. The van der Waals surface area contributed by atoms with Crippen molar-refractivity contribution in [2.24, 2.45) is 0 Å². The molecule has 4 heteroatoms. The van der Waals surface area contributed by atoms with Gasteiger partial charge in [-0.15, -0.1) is 0 Å². The summed E-state index contributed by atoms with van der Waals surface area (Å²) in [5.41, 5.74) is 3.31. The van der Waals surface area contributed by atoms with Gasteiger partial charge in [0.2, 0.25) is 0 Å². The Balaban J connectivity index is 2.04. The lowest BCUT2D eigenvalue weighted by molar-refractivity contribution is 1.06. The van der Waals surface area contributed by atoms with Gasteiger partial charge in [-0.2, -0.15) is 0 Å². The molecule has 0 aliphatic carbocycles. The van der Waals surface area contributed by atoms with Crippen molar-refractivity contribution in [2.75, 3.05) is 5.32 Å². The lowest BCUT2D eigenvalue weighted by Gasteiger charge is -2.08. The van der Waals surface area contributed by atoms with Gasteiger partial charge in [0.1, 0.15) is 5.82 Å². The van der Waals surface area contributed by atoms with Crippen LogP contribution in [0.15, 0.2) is 35.1 Å². The van der Waals surface area contributed by atoms with Crippen molar-refractivity contribution < 1.29 is 0 Å². The number of hydrogen-bond acceptors (Lipinski definition) is 3. The molecule has 0 unspecified atom stereocenters. The fourth-order valence-electron chi connectivity index (χ4n) is 1.45. The van der Waals surface area contributed by atoms with Crippen LogP contribution in [-0.4, -0.2) is 9.97 Å². The number of nitrogens with zero attached hydrogens (tertiary/aromatic N) is 2. The minimum absolute atomic E-state index is 0.724. The van der Waals surface area contributed by atoms with Gasteiger partial charge in [-0.25, -0.2) is 4.98 Å². The maximum absolute atomic E-state index is 4.33. The van der Waals surface area contributed by atoms with Crippen LogP contribution >= 0.6 is 15.9 Å². The first-order chi connectivity index (χ1) is 8.15. The highest BCUT2D eigenvalue weighted by Gasteiger charge is 2.01. The normalized spacial score (nSPS) is 10.3. The van der Waals surface area contributed by atoms with Crippen LogP contribution in [0.2, 0.25) is 0 Å². The number of rotatable bonds is 3. The minimum atomic E-state index is 0.724. The van der Waals surface area contributed by atoms with Gasteiger partial charge in [-0.3, -0.25) is 4.98 Å². The van der Waals surface area contributed by atoms with E-state index in [9.17, 15) is 0 Å². The van der Waals surface area contributed by atoms with Crippen LogP contribution in [-0.2, 0) is 6.54 Å². The van der Waals surface area contributed by atoms with E-state index in [2.05, 4.69) is 37.3 Å². The fourth-order valence-corrected chi connectivity index (χ4v) is 2.06. The molecule has 0 aromatic carbocycles. The molecule has 88 valence electrons. The maximum Gasteiger partial charge on any atom is 0.140 e. The Kier molecular flexibility index (Phi) is 3.74. The summed E-state index contributed by atoms with van der Waals surface area (Å²) < 4.78 is 0.984. The first-order valence-electron chi connectivity index (χ1n) is 5.43. The predicted octanol–water partition coefficient (Wildman–Crippen LogP) is 3.47. The molecule has 0 aliphatic heterocycles. The number of anilines is 1. The zero-order valence-electron chi connectivity index (χ0n) is 9.87. The van der Waals surface area contributed by atoms with Crippen LogP contribution in [0.5, 0.6) is 0 Å². The van der Waals surface area contributed by atoms with Gasteiger partial charge in [0.05, 0.1) is 4.47 Å². The van der Waals surface area contributed by atoms with Gasteiger partial charge < -0.3 is 5.32 Å². The van der Waals surface area contributed by atoms with Crippen LogP contribution in [0.25, 0.3) is 0 Å². The molecule has 1 N–H and O–H groups in total.